The monoisotopic (exact) mass is 1300 g/mol. The molecule has 1 N–H and O–H groups in total. The van der Waals surface area contributed by atoms with Gasteiger partial charge >= 0.3 is 5.97 Å². The smallest absolute Gasteiger partial charge is 0.310 e. The van der Waals surface area contributed by atoms with Crippen molar-refractivity contribution in [1.82, 2.24) is 0 Å². The second kappa shape index (κ2) is 23.9. The molecule has 528 valence electrons. The molecule has 11 nitrogen and oxygen atoms in total. The Morgan fingerprint density at radius 3 is 1.17 bits per heavy atom. The van der Waals surface area contributed by atoms with Gasteiger partial charge in [-0.2, -0.15) is 0 Å². The lowest BCUT2D eigenvalue weighted by Crippen LogP contribution is -2.67. The molecule has 2 saturated heterocycles. The predicted molar refractivity (Wildman–Crippen MR) is 370 cm³/mol. The molecule has 10 fully saturated rings. The number of allylic oxidation sites excluding steroid dienone is 4. The van der Waals surface area contributed by atoms with E-state index in [1.807, 2.05) is 6.92 Å². The molecule has 0 spiro atoms. The maximum absolute atomic E-state index is 13.6. The maximum Gasteiger partial charge on any atom is 0.310 e. The Morgan fingerprint density at radius 2 is 0.819 bits per heavy atom. The first-order valence-corrected chi connectivity index (χ1v) is 38.2. The number of aliphatic carboxylic acids is 1. The fourth-order valence-electron chi connectivity index (χ4n) is 27.3. The Labute approximate surface area is 568 Å². The number of aldehydes is 2. The topological polar surface area (TPSA) is 160 Å². The number of rotatable bonds is 10. The summed E-state index contributed by atoms with van der Waals surface area (Å²) in [6.07, 6.45) is 22.7. The minimum absolute atomic E-state index is 0.000505. The molecule has 0 bridgehead atoms. The van der Waals surface area contributed by atoms with Gasteiger partial charge in [0.25, 0.3) is 0 Å². The number of hydrogen-bond donors (Lipinski definition) is 1. The van der Waals surface area contributed by atoms with Crippen molar-refractivity contribution in [3.63, 3.8) is 0 Å². The van der Waals surface area contributed by atoms with Gasteiger partial charge in [-0.15, -0.1) is 0 Å². The molecule has 10 aliphatic carbocycles. The Bertz CT molecular complexity index is 2870. The third-order valence-corrected chi connectivity index (χ3v) is 34.1. The van der Waals surface area contributed by atoms with Crippen LogP contribution >= 0.6 is 0 Å². The van der Waals surface area contributed by atoms with E-state index in [0.29, 0.717) is 29.5 Å². The minimum atomic E-state index is -0.675. The number of carbonyl (C=O) groups is 6. The van der Waals surface area contributed by atoms with Crippen LogP contribution in [0.5, 0.6) is 0 Å². The van der Waals surface area contributed by atoms with Gasteiger partial charge < -0.3 is 33.6 Å². The molecule has 2 aliphatic heterocycles. The van der Waals surface area contributed by atoms with Gasteiger partial charge in [-0.05, 0) is 251 Å². The van der Waals surface area contributed by atoms with E-state index in [4.69, 9.17) is 18.9 Å². The molecule has 0 aromatic heterocycles. The summed E-state index contributed by atoms with van der Waals surface area (Å²) in [5, 5.41) is 10.8. The fourth-order valence-corrected chi connectivity index (χ4v) is 27.3. The van der Waals surface area contributed by atoms with Crippen molar-refractivity contribution in [3.8, 4) is 0 Å². The van der Waals surface area contributed by atoms with Crippen LogP contribution in [0.2, 0.25) is 0 Å². The Morgan fingerprint density at radius 1 is 0.457 bits per heavy atom. The van der Waals surface area contributed by atoms with Crippen LogP contribution in [0.15, 0.2) is 23.3 Å². The van der Waals surface area contributed by atoms with Gasteiger partial charge in [-0.1, -0.05) is 162 Å². The Hall–Kier alpha value is -2.86. The van der Waals surface area contributed by atoms with Crippen molar-refractivity contribution in [2.45, 2.75) is 312 Å². The molecular formula is C83H130O11. The summed E-state index contributed by atoms with van der Waals surface area (Å²) >= 11 is 0. The molecule has 0 radical (unpaired) electrons. The number of fused-ring (bicyclic) bond motifs is 14. The van der Waals surface area contributed by atoms with E-state index >= 15 is 0 Å². The molecule has 0 amide bonds. The number of hydrogen-bond acceptors (Lipinski definition) is 10. The normalized spacial score (nSPS) is 53.7. The molecule has 2 heterocycles. The van der Waals surface area contributed by atoms with E-state index in [2.05, 4.69) is 151 Å². The first-order chi connectivity index (χ1) is 43.5. The number of ether oxygens (including phenoxy) is 4. The second-order valence-electron chi connectivity index (χ2n) is 39.1. The summed E-state index contributed by atoms with van der Waals surface area (Å²) in [4.78, 5) is 78.6. The molecule has 12 rings (SSSR count). The van der Waals surface area contributed by atoms with Crippen LogP contribution < -0.4 is 0 Å². The van der Waals surface area contributed by atoms with Crippen molar-refractivity contribution in [1.29, 1.82) is 0 Å². The van der Waals surface area contributed by atoms with E-state index < -0.39 is 47.0 Å². The first-order valence-electron chi connectivity index (χ1n) is 38.2. The van der Waals surface area contributed by atoms with E-state index in [1.165, 1.54) is 18.1 Å². The highest BCUT2D eigenvalue weighted by Crippen LogP contribution is 2.79. The van der Waals surface area contributed by atoms with E-state index in [9.17, 15) is 33.9 Å². The Balaban J connectivity index is 0.000000192. The van der Waals surface area contributed by atoms with Crippen molar-refractivity contribution in [2.24, 2.45) is 148 Å². The maximum atomic E-state index is 13.6. The molecule has 94 heavy (non-hydrogen) atoms. The van der Waals surface area contributed by atoms with Gasteiger partial charge in [0.2, 0.25) is 0 Å². The zero-order valence-electron chi connectivity index (χ0n) is 63.1. The number of Topliss-reactive ketones (excluding diaryl/α,β-unsaturated/α-hetero) is 3. The number of ketones is 3. The van der Waals surface area contributed by atoms with Crippen LogP contribution in [0.25, 0.3) is 0 Å². The van der Waals surface area contributed by atoms with Gasteiger partial charge in [0.1, 0.15) is 30.6 Å². The lowest BCUT2D eigenvalue weighted by atomic mass is 9.32. The van der Waals surface area contributed by atoms with Gasteiger partial charge in [0.15, 0.2) is 24.1 Å². The molecule has 12 unspecified atom stereocenters. The highest BCUT2D eigenvalue weighted by molar-refractivity contribution is 5.84. The van der Waals surface area contributed by atoms with Gasteiger partial charge in [0.05, 0.1) is 28.5 Å². The van der Waals surface area contributed by atoms with Crippen LogP contribution in [0.4, 0.5) is 0 Å². The summed E-state index contributed by atoms with van der Waals surface area (Å²) < 4.78 is 26.5. The summed E-state index contributed by atoms with van der Waals surface area (Å²) in [7, 11) is 0. The third-order valence-electron chi connectivity index (χ3n) is 34.1. The minimum Gasteiger partial charge on any atom is -0.481 e. The standard InChI is InChI=1S/C42H66O5.C41H64O6/c1-24-21-41(12)30(31-22-37(7,8)19-20-42(24,31)29(6)45)13-14-33-38(9)17-16-34(39(10,23-43)32(38)15-18-40(33,41)11)46-36-27(4)25(2)26(3)35(47-36)28(5)44;1-23-20-40(11)28(29-21-36(6,7)18-19-41(23,29)35(44)45)12-13-31-37(8)16-15-32(38(9,22-42)30(37)14-17-39(31,40)10)46-34-26(4)24(2)25(3)33(47-34)27(5)43/h13,23-27,31-36H,14-22H2,1-12H3;12,22-26,29-34H,13-21H2,1-11H3,(H,44,45)/t24?,25-,26+,27?,31?,32-,33?,34+,35?,36-,38?,39-,40+,41-,42-;23?,24-,25+,26?,29?,30-,31?,32+,33?,34-,37?,38-,39+,40-,41+/m11/s1. The van der Waals surface area contributed by atoms with Crippen molar-refractivity contribution in [2.75, 3.05) is 0 Å². The average molecular weight is 1300 g/mol. The lowest BCUT2D eigenvalue weighted by Gasteiger charge is -2.72. The van der Waals surface area contributed by atoms with Gasteiger partial charge in [0, 0.05) is 17.3 Å². The fraction of sp³-hybridized carbons (Fsp3) is 0.880. The molecule has 30 atom stereocenters. The quantitative estimate of drug-likeness (QED) is 0.126. The highest BCUT2D eigenvalue weighted by atomic mass is 16.7. The van der Waals surface area contributed by atoms with Crippen molar-refractivity contribution >= 4 is 35.9 Å². The summed E-state index contributed by atoms with van der Waals surface area (Å²) in [5.74, 6) is 3.11. The van der Waals surface area contributed by atoms with Crippen LogP contribution in [0, 0.1) is 148 Å². The molecule has 0 aromatic rings. The second-order valence-corrected chi connectivity index (χ2v) is 39.1. The summed E-state index contributed by atoms with van der Waals surface area (Å²) in [6, 6.07) is 0. The van der Waals surface area contributed by atoms with Crippen LogP contribution in [0.3, 0.4) is 0 Å². The highest BCUT2D eigenvalue weighted by Gasteiger charge is 2.74. The third kappa shape index (κ3) is 10.2. The van der Waals surface area contributed by atoms with E-state index in [0.717, 1.165) is 116 Å². The average Bonchev–Trinajstić information content (AvgIpc) is 0.677. The lowest BCUT2D eigenvalue weighted by molar-refractivity contribution is -0.289. The molecule has 0 aromatic carbocycles. The largest absolute Gasteiger partial charge is 0.481 e. The zero-order chi connectivity index (χ0) is 69.4. The molecule has 8 saturated carbocycles. The van der Waals surface area contributed by atoms with E-state index in [-0.39, 0.29) is 132 Å². The number of carboxylic acid groups (broad SMARTS) is 1. The van der Waals surface area contributed by atoms with Gasteiger partial charge in [-0.25, -0.2) is 0 Å². The SMILES string of the molecule is CC(=O)C1O[C@@H](O[C@H]2CCC3(C)C4CC=C5C6CC(C)(C)CC[C@]6(C(=O)O)C(C)C[C@@]5(C)[C@@]4(C)CC[C@H]3[C@@]2(C)C=O)C(C)[C@H](C)[C@@H]1C.CC(=O)C1O[C@@H](O[C@H]2CCC3(C)C4CC=C5C6CC(C)(C)CC[C@]6(C(C)=O)C(C)C[C@@]5(C)[C@@]4(C)CC[C@H]3[C@@]2(C)C=O)C(C)[C@H](C)[C@@H]1C. The molecule has 11 heteroatoms. The van der Waals surface area contributed by atoms with Gasteiger partial charge in [-0.3, -0.25) is 19.2 Å². The van der Waals surface area contributed by atoms with Crippen molar-refractivity contribution < 1.29 is 52.8 Å². The van der Waals surface area contributed by atoms with Crippen LogP contribution in [0.1, 0.15) is 275 Å². The van der Waals surface area contributed by atoms with Crippen LogP contribution in [-0.4, -0.2) is 78.0 Å². The first kappa shape index (κ1) is 72.4. The number of carboxylic acids is 1. The summed E-state index contributed by atoms with van der Waals surface area (Å²) in [6.45, 7) is 51.6. The zero-order valence-corrected chi connectivity index (χ0v) is 63.1. The van der Waals surface area contributed by atoms with Crippen molar-refractivity contribution in [3.05, 3.63) is 23.3 Å². The summed E-state index contributed by atoms with van der Waals surface area (Å²) in [5.41, 5.74) is 1.24. The van der Waals surface area contributed by atoms with E-state index in [1.54, 1.807) is 19.4 Å². The van der Waals surface area contributed by atoms with Crippen LogP contribution in [-0.2, 0) is 47.7 Å². The molecular weight excluding hydrogens is 1170 g/mol. The number of carbonyl (C=O) groups excluding carboxylic acids is 5. The molecule has 12 aliphatic rings. The Kier molecular flexibility index (Phi) is 18.4. The predicted octanol–water partition coefficient (Wildman–Crippen LogP) is 18.3.